The molecule has 4 rings (SSSR count). The number of fused-ring (bicyclic) bond motifs is 2. The van der Waals surface area contributed by atoms with E-state index in [2.05, 4.69) is 36.4 Å². The van der Waals surface area contributed by atoms with Crippen molar-refractivity contribution in [1.82, 2.24) is 15.2 Å². The summed E-state index contributed by atoms with van der Waals surface area (Å²) in [6.45, 7) is 6.44. The lowest BCUT2D eigenvalue weighted by atomic mass is 9.70. The maximum Gasteiger partial charge on any atom is 0.437 e. The minimum Gasteiger partial charge on any atom is -0.388 e. The molecule has 148 valence electrons. The fourth-order valence-corrected chi connectivity index (χ4v) is 4.51. The van der Waals surface area contributed by atoms with Gasteiger partial charge in [-0.2, -0.15) is 9.78 Å². The van der Waals surface area contributed by atoms with Crippen molar-refractivity contribution < 1.29 is 13.6 Å². The van der Waals surface area contributed by atoms with Gasteiger partial charge in [0.2, 0.25) is 5.89 Å². The van der Waals surface area contributed by atoms with Crippen LogP contribution in [0.2, 0.25) is 0 Å². The monoisotopic (exact) mass is 386 g/mol. The summed E-state index contributed by atoms with van der Waals surface area (Å²) in [7, 11) is 0. The Labute approximate surface area is 161 Å². The number of aromatic nitrogens is 2. The van der Waals surface area contributed by atoms with E-state index < -0.39 is 17.5 Å². The lowest BCUT2D eigenvalue weighted by Crippen LogP contribution is -2.35. The Bertz CT molecular complexity index is 1010. The van der Waals surface area contributed by atoms with Gasteiger partial charge in [0, 0.05) is 16.7 Å². The van der Waals surface area contributed by atoms with E-state index in [0.717, 1.165) is 23.2 Å². The molecule has 0 spiro atoms. The molecule has 2 aromatic rings. The molecule has 2 aliphatic carbocycles. The average molecular weight is 386 g/mol. The van der Waals surface area contributed by atoms with Crippen molar-refractivity contribution in [3.63, 3.8) is 0 Å². The number of carbonyl (C=O) groups is 1. The topological polar surface area (TPSA) is 89.5 Å². The van der Waals surface area contributed by atoms with Crippen molar-refractivity contribution in [3.05, 3.63) is 40.6 Å². The molecule has 0 aliphatic heterocycles. The van der Waals surface area contributed by atoms with E-state index in [-0.39, 0.29) is 23.3 Å². The van der Waals surface area contributed by atoms with Crippen LogP contribution in [0.4, 0.5) is 4.39 Å². The van der Waals surface area contributed by atoms with Gasteiger partial charge in [-0.1, -0.05) is 20.8 Å². The minimum absolute atomic E-state index is 0.00850. The summed E-state index contributed by atoms with van der Waals surface area (Å²) in [5, 5.41) is 8.39. The van der Waals surface area contributed by atoms with Crippen LogP contribution in [0.25, 0.3) is 11.5 Å². The maximum atomic E-state index is 13.0. The average Bonchev–Trinajstić information content (AvgIpc) is 3.18. The zero-order valence-electron chi connectivity index (χ0n) is 16.2. The van der Waals surface area contributed by atoms with E-state index in [1.807, 2.05) is 0 Å². The highest BCUT2D eigenvalue weighted by atomic mass is 19.1. The number of amides is 1. The molecule has 1 heterocycles. The lowest BCUT2D eigenvalue weighted by Gasteiger charge is -2.34. The summed E-state index contributed by atoms with van der Waals surface area (Å²) in [5.74, 6) is -0.981. The van der Waals surface area contributed by atoms with Gasteiger partial charge < -0.3 is 4.42 Å². The molecule has 7 nitrogen and oxygen atoms in total. The molecule has 2 atom stereocenters. The molecule has 2 bridgehead atoms. The molecular weight excluding hydrogens is 363 g/mol. The molecule has 1 amide bonds. The summed E-state index contributed by atoms with van der Waals surface area (Å²) in [6.07, 6.45) is 3.16. The van der Waals surface area contributed by atoms with E-state index >= 15 is 0 Å². The maximum absolute atomic E-state index is 13.0. The highest BCUT2D eigenvalue weighted by molar-refractivity contribution is 5.95. The highest BCUT2D eigenvalue weighted by Crippen LogP contribution is 2.63. The highest BCUT2D eigenvalue weighted by Gasteiger charge is 2.60. The predicted molar refractivity (Wildman–Crippen MR) is 101 cm³/mol. The quantitative estimate of drug-likeness (QED) is 0.818. The number of halogens is 1. The van der Waals surface area contributed by atoms with Gasteiger partial charge in [-0.3, -0.25) is 4.79 Å². The van der Waals surface area contributed by atoms with E-state index in [1.54, 1.807) is 0 Å². The first kappa shape index (κ1) is 18.6. The molecular formula is C20H23FN4O3. The van der Waals surface area contributed by atoms with Crippen molar-refractivity contribution in [2.24, 2.45) is 21.8 Å². The third-order valence-corrected chi connectivity index (χ3v) is 6.82. The van der Waals surface area contributed by atoms with Crippen molar-refractivity contribution in [1.29, 1.82) is 0 Å². The standard InChI is InChI=1S/C20H23FN4O3/c1-19(2)13-8-9-20(19,3)15(10-13)22-23-16(26)11-25-18(27)28-17(24-25)12-4-6-14(21)7-5-12/h4-7,13H,8-11H2,1-3H3,(H,23,26)/b22-15+/t13-,20+/m1/s1. The van der Waals surface area contributed by atoms with Crippen LogP contribution >= 0.6 is 0 Å². The van der Waals surface area contributed by atoms with Crippen molar-refractivity contribution >= 4 is 11.6 Å². The van der Waals surface area contributed by atoms with Crippen LogP contribution in [0.15, 0.2) is 38.6 Å². The van der Waals surface area contributed by atoms with Gasteiger partial charge >= 0.3 is 5.76 Å². The molecule has 2 saturated carbocycles. The Kier molecular flexibility index (Phi) is 4.24. The van der Waals surface area contributed by atoms with Gasteiger partial charge in [-0.05, 0) is 54.9 Å². The molecule has 1 N–H and O–H groups in total. The first-order valence-electron chi connectivity index (χ1n) is 9.40. The summed E-state index contributed by atoms with van der Waals surface area (Å²) in [5.41, 5.74) is 4.19. The molecule has 1 aromatic carbocycles. The van der Waals surface area contributed by atoms with Crippen LogP contribution in [0.3, 0.4) is 0 Å². The number of nitrogens with zero attached hydrogens (tertiary/aromatic N) is 3. The summed E-state index contributed by atoms with van der Waals surface area (Å²) in [6, 6.07) is 5.40. The van der Waals surface area contributed by atoms with E-state index in [0.29, 0.717) is 11.5 Å². The molecule has 0 radical (unpaired) electrons. The van der Waals surface area contributed by atoms with Gasteiger partial charge in [-0.25, -0.2) is 14.6 Å². The van der Waals surface area contributed by atoms with Crippen LogP contribution in [0.1, 0.15) is 40.0 Å². The van der Waals surface area contributed by atoms with Crippen LogP contribution in [-0.2, 0) is 11.3 Å². The first-order chi connectivity index (χ1) is 13.2. The molecule has 8 heteroatoms. The number of carbonyl (C=O) groups excluding carboxylic acids is 1. The molecule has 1 aromatic heterocycles. The Balaban J connectivity index is 1.45. The third kappa shape index (κ3) is 2.87. The Morgan fingerprint density at radius 3 is 2.68 bits per heavy atom. The zero-order valence-corrected chi connectivity index (χ0v) is 16.2. The molecule has 0 unspecified atom stereocenters. The van der Waals surface area contributed by atoms with E-state index in [9.17, 15) is 14.0 Å². The van der Waals surface area contributed by atoms with Gasteiger partial charge in [-0.15, -0.1) is 5.10 Å². The molecule has 2 fully saturated rings. The van der Waals surface area contributed by atoms with Crippen LogP contribution in [0.5, 0.6) is 0 Å². The first-order valence-corrected chi connectivity index (χ1v) is 9.40. The van der Waals surface area contributed by atoms with E-state index in [1.165, 1.54) is 30.7 Å². The number of hydrogen-bond acceptors (Lipinski definition) is 5. The van der Waals surface area contributed by atoms with Gasteiger partial charge in [0.1, 0.15) is 12.4 Å². The van der Waals surface area contributed by atoms with Crippen LogP contribution in [-0.4, -0.2) is 21.4 Å². The second-order valence-electron chi connectivity index (χ2n) is 8.42. The van der Waals surface area contributed by atoms with Crippen molar-refractivity contribution in [2.75, 3.05) is 0 Å². The number of rotatable bonds is 4. The summed E-state index contributed by atoms with van der Waals surface area (Å²) >= 11 is 0. The second kappa shape index (κ2) is 6.39. The zero-order chi connectivity index (χ0) is 20.1. The number of hydrazone groups is 1. The Morgan fingerprint density at radius 1 is 1.36 bits per heavy atom. The normalized spacial score (nSPS) is 26.7. The summed E-state index contributed by atoms with van der Waals surface area (Å²) < 4.78 is 19.0. The number of hydrogen-bond donors (Lipinski definition) is 1. The molecule has 0 saturated heterocycles. The number of nitrogens with one attached hydrogen (secondary N) is 1. The van der Waals surface area contributed by atoms with E-state index in [4.69, 9.17) is 4.42 Å². The molecule has 2 aliphatic rings. The minimum atomic E-state index is -0.754. The summed E-state index contributed by atoms with van der Waals surface area (Å²) in [4.78, 5) is 24.2. The third-order valence-electron chi connectivity index (χ3n) is 6.82. The number of benzene rings is 1. The fraction of sp³-hybridized carbons (Fsp3) is 0.500. The Hall–Kier alpha value is -2.77. The van der Waals surface area contributed by atoms with Gasteiger partial charge in [0.15, 0.2) is 0 Å². The van der Waals surface area contributed by atoms with Crippen molar-refractivity contribution in [2.45, 2.75) is 46.6 Å². The fourth-order valence-electron chi connectivity index (χ4n) is 4.51. The SMILES string of the molecule is CC1(C)[C@@H]2CC[C@@]1(C)/C(=N/NC(=O)Cn1nc(-c3ccc(F)cc3)oc1=O)C2. The second-order valence-corrected chi connectivity index (χ2v) is 8.42. The Morgan fingerprint density at radius 2 is 2.07 bits per heavy atom. The van der Waals surface area contributed by atoms with Crippen molar-refractivity contribution in [3.8, 4) is 11.5 Å². The smallest absolute Gasteiger partial charge is 0.388 e. The van der Waals surface area contributed by atoms with Crippen LogP contribution < -0.4 is 11.2 Å². The largest absolute Gasteiger partial charge is 0.437 e. The van der Waals surface area contributed by atoms with Crippen LogP contribution in [0, 0.1) is 22.6 Å². The lowest BCUT2D eigenvalue weighted by molar-refractivity contribution is -0.121. The van der Waals surface area contributed by atoms with Gasteiger partial charge in [0.25, 0.3) is 5.91 Å². The predicted octanol–water partition coefficient (Wildman–Crippen LogP) is 2.96. The molecule has 28 heavy (non-hydrogen) atoms. The van der Waals surface area contributed by atoms with Gasteiger partial charge in [0.05, 0.1) is 0 Å².